The molecule has 0 atom stereocenters. The van der Waals surface area contributed by atoms with E-state index in [2.05, 4.69) is 6.07 Å². The fraction of sp³-hybridized carbons (Fsp3) is 0.0769. The van der Waals surface area contributed by atoms with Gasteiger partial charge in [0.15, 0.2) is 0 Å². The number of nitrogens with zero attached hydrogens (tertiary/aromatic N) is 1. The van der Waals surface area contributed by atoms with Crippen molar-refractivity contribution in [1.29, 1.82) is 0 Å². The lowest BCUT2D eigenvalue weighted by molar-refractivity contribution is -0.385. The molecule has 0 saturated carbocycles. The Balaban J connectivity index is 2.55. The van der Waals surface area contributed by atoms with Crippen molar-refractivity contribution in [3.05, 3.63) is 64.0 Å². The Morgan fingerprint density at radius 3 is 2.40 bits per heavy atom. The minimum absolute atomic E-state index is 0.0885. The van der Waals surface area contributed by atoms with Crippen LogP contribution in [0.4, 0.5) is 23.2 Å². The monoisotopic (exact) mass is 284 g/mol. The summed E-state index contributed by atoms with van der Waals surface area (Å²) in [7, 11) is 0. The van der Waals surface area contributed by atoms with Crippen molar-refractivity contribution in [2.75, 3.05) is 0 Å². The Bertz CT molecular complexity index is 668. The van der Waals surface area contributed by atoms with E-state index < -0.39 is 28.2 Å². The Hall–Kier alpha value is -2.44. The molecule has 7 heteroatoms. The highest BCUT2D eigenvalue weighted by atomic mass is 19.4. The first-order valence-electron chi connectivity index (χ1n) is 5.31. The third kappa shape index (κ3) is 2.93. The van der Waals surface area contributed by atoms with Crippen molar-refractivity contribution >= 4 is 5.69 Å². The number of rotatable bonds is 2. The van der Waals surface area contributed by atoms with E-state index in [4.69, 9.17) is 0 Å². The highest BCUT2D eigenvalue weighted by Crippen LogP contribution is 2.33. The molecular formula is C13H6F4NO2. The molecule has 3 nitrogen and oxygen atoms in total. The molecular weight excluding hydrogens is 278 g/mol. The second-order valence-electron chi connectivity index (χ2n) is 3.95. The van der Waals surface area contributed by atoms with Gasteiger partial charge in [0.05, 0.1) is 16.6 Å². The summed E-state index contributed by atoms with van der Waals surface area (Å²) in [4.78, 5) is 9.87. The number of non-ortho nitro benzene ring substituents is 1. The summed E-state index contributed by atoms with van der Waals surface area (Å²) in [5.41, 5.74) is -1.53. The fourth-order valence-electron chi connectivity index (χ4n) is 1.66. The standard InChI is InChI=1S/C13H6F4NO2/c14-11-5-9(4-10(7-11)13(15,16)17)8-2-1-3-12(6-8)18(19)20/h1-2,4-7H. The van der Waals surface area contributed by atoms with Crippen LogP contribution < -0.4 is 0 Å². The van der Waals surface area contributed by atoms with Gasteiger partial charge in [-0.15, -0.1) is 0 Å². The summed E-state index contributed by atoms with van der Waals surface area (Å²) >= 11 is 0. The Kier molecular flexibility index (Phi) is 3.44. The Morgan fingerprint density at radius 1 is 1.10 bits per heavy atom. The van der Waals surface area contributed by atoms with Crippen LogP contribution in [0, 0.1) is 22.0 Å². The maximum Gasteiger partial charge on any atom is 0.416 e. The predicted molar refractivity (Wildman–Crippen MR) is 62.3 cm³/mol. The van der Waals surface area contributed by atoms with Crippen LogP contribution in [0.3, 0.4) is 0 Å². The molecule has 2 aromatic carbocycles. The van der Waals surface area contributed by atoms with Crippen molar-refractivity contribution in [3.8, 4) is 11.1 Å². The Morgan fingerprint density at radius 2 is 1.80 bits per heavy atom. The molecule has 2 aromatic rings. The second-order valence-corrected chi connectivity index (χ2v) is 3.95. The maximum atomic E-state index is 13.3. The van der Waals surface area contributed by atoms with E-state index >= 15 is 0 Å². The number of nitro groups is 1. The number of alkyl halides is 3. The van der Waals surface area contributed by atoms with Gasteiger partial charge in [0.25, 0.3) is 5.69 Å². The van der Waals surface area contributed by atoms with Gasteiger partial charge in [-0.25, -0.2) is 4.39 Å². The van der Waals surface area contributed by atoms with Crippen LogP contribution >= 0.6 is 0 Å². The molecule has 0 spiro atoms. The lowest BCUT2D eigenvalue weighted by atomic mass is 10.0. The average molecular weight is 284 g/mol. The molecule has 0 aliphatic heterocycles. The molecule has 103 valence electrons. The number of halogens is 4. The average Bonchev–Trinajstić information content (AvgIpc) is 2.37. The highest BCUT2D eigenvalue weighted by Gasteiger charge is 2.31. The molecule has 0 bridgehead atoms. The highest BCUT2D eigenvalue weighted by molar-refractivity contribution is 5.66. The minimum Gasteiger partial charge on any atom is -0.258 e. The topological polar surface area (TPSA) is 43.1 Å². The van der Waals surface area contributed by atoms with Crippen LogP contribution in [0.15, 0.2) is 36.4 Å². The molecule has 0 aliphatic carbocycles. The van der Waals surface area contributed by atoms with Crippen molar-refractivity contribution in [2.24, 2.45) is 0 Å². The van der Waals surface area contributed by atoms with Gasteiger partial charge in [-0.1, -0.05) is 6.07 Å². The first kappa shape index (κ1) is 14.0. The lowest BCUT2D eigenvalue weighted by Gasteiger charge is -2.09. The zero-order valence-corrected chi connectivity index (χ0v) is 9.74. The van der Waals surface area contributed by atoms with Gasteiger partial charge >= 0.3 is 6.18 Å². The number of nitro benzene ring substituents is 1. The van der Waals surface area contributed by atoms with E-state index in [-0.39, 0.29) is 11.1 Å². The number of hydrogen-bond acceptors (Lipinski definition) is 2. The summed E-state index contributed by atoms with van der Waals surface area (Å²) in [6.45, 7) is 0. The molecule has 2 rings (SSSR count). The van der Waals surface area contributed by atoms with Crippen molar-refractivity contribution in [3.63, 3.8) is 0 Å². The van der Waals surface area contributed by atoms with Crippen LogP contribution in [0.25, 0.3) is 11.1 Å². The van der Waals surface area contributed by atoms with E-state index in [9.17, 15) is 27.7 Å². The zero-order chi connectivity index (χ0) is 14.9. The summed E-state index contributed by atoms with van der Waals surface area (Å²) in [5, 5.41) is 10.6. The lowest BCUT2D eigenvalue weighted by Crippen LogP contribution is -2.05. The van der Waals surface area contributed by atoms with Crippen LogP contribution in [0.2, 0.25) is 0 Å². The molecule has 0 aromatic heterocycles. The van der Waals surface area contributed by atoms with Gasteiger partial charge < -0.3 is 0 Å². The number of benzene rings is 2. The summed E-state index contributed by atoms with van der Waals surface area (Å²) in [5.74, 6) is -1.06. The molecule has 0 N–H and O–H groups in total. The van der Waals surface area contributed by atoms with Crippen molar-refractivity contribution in [1.82, 2.24) is 0 Å². The largest absolute Gasteiger partial charge is 0.416 e. The summed E-state index contributed by atoms with van der Waals surface area (Å²) in [6.07, 6.45) is -4.69. The third-order valence-electron chi connectivity index (χ3n) is 2.54. The van der Waals surface area contributed by atoms with Crippen molar-refractivity contribution in [2.45, 2.75) is 6.18 Å². The second kappa shape index (κ2) is 4.92. The molecule has 0 fully saturated rings. The van der Waals surface area contributed by atoms with E-state index in [1.807, 2.05) is 0 Å². The van der Waals surface area contributed by atoms with Crippen LogP contribution in [0.5, 0.6) is 0 Å². The smallest absolute Gasteiger partial charge is 0.258 e. The zero-order valence-electron chi connectivity index (χ0n) is 9.74. The quantitative estimate of drug-likeness (QED) is 0.471. The minimum atomic E-state index is -4.69. The fourth-order valence-corrected chi connectivity index (χ4v) is 1.66. The molecule has 0 heterocycles. The molecule has 20 heavy (non-hydrogen) atoms. The van der Waals surface area contributed by atoms with Gasteiger partial charge in [-0.05, 0) is 35.4 Å². The summed E-state index contributed by atoms with van der Waals surface area (Å²) in [6, 6.07) is 7.87. The Labute approximate surface area is 110 Å². The predicted octanol–water partition coefficient (Wildman–Crippen LogP) is 4.22. The molecule has 0 aliphatic rings. The van der Waals surface area contributed by atoms with Gasteiger partial charge in [0.2, 0.25) is 0 Å². The molecule has 0 saturated heterocycles. The number of hydrogen-bond donors (Lipinski definition) is 0. The van der Waals surface area contributed by atoms with Gasteiger partial charge in [-0.3, -0.25) is 10.1 Å². The van der Waals surface area contributed by atoms with E-state index in [1.165, 1.54) is 12.1 Å². The maximum absolute atomic E-state index is 13.3. The van der Waals surface area contributed by atoms with Crippen LogP contribution in [-0.4, -0.2) is 4.92 Å². The van der Waals surface area contributed by atoms with Crippen LogP contribution in [0.1, 0.15) is 5.56 Å². The van der Waals surface area contributed by atoms with E-state index in [1.54, 1.807) is 0 Å². The van der Waals surface area contributed by atoms with E-state index in [0.29, 0.717) is 6.07 Å². The SMILES string of the molecule is O=[N+]([O-])c1[c]ccc(-c2cc(F)cc(C(F)(F)F)c2)c1. The first-order valence-corrected chi connectivity index (χ1v) is 5.31. The van der Waals surface area contributed by atoms with Crippen LogP contribution in [-0.2, 0) is 6.18 Å². The van der Waals surface area contributed by atoms with Crippen molar-refractivity contribution < 1.29 is 22.5 Å². The van der Waals surface area contributed by atoms with E-state index in [0.717, 1.165) is 18.2 Å². The van der Waals surface area contributed by atoms with Gasteiger partial charge in [0, 0.05) is 6.07 Å². The first-order chi connectivity index (χ1) is 9.27. The normalized spacial score (nSPS) is 11.4. The van der Waals surface area contributed by atoms with Gasteiger partial charge in [0.1, 0.15) is 5.82 Å². The third-order valence-corrected chi connectivity index (χ3v) is 2.54. The molecule has 0 amide bonds. The summed E-state index contributed by atoms with van der Waals surface area (Å²) < 4.78 is 51.0. The van der Waals surface area contributed by atoms with Gasteiger partial charge in [-0.2, -0.15) is 13.2 Å². The molecule has 1 radical (unpaired) electrons. The molecule has 0 unspecified atom stereocenters.